The molecule has 0 saturated carbocycles. The molecule has 29 heavy (non-hydrogen) atoms. The molecule has 1 fully saturated rings. The van der Waals surface area contributed by atoms with Crippen LogP contribution in [-0.2, 0) is 20.7 Å². The smallest absolute Gasteiger partial charge is 0.411 e. The van der Waals surface area contributed by atoms with Gasteiger partial charge in [-0.15, -0.1) is 0 Å². The predicted octanol–water partition coefficient (Wildman–Crippen LogP) is 3.33. The van der Waals surface area contributed by atoms with Gasteiger partial charge >= 0.3 is 12.1 Å². The van der Waals surface area contributed by atoms with Crippen LogP contribution < -0.4 is 0 Å². The Bertz CT molecular complexity index is 806. The number of carboxylic acid groups (broad SMARTS) is 1. The molecule has 0 aliphatic carbocycles. The molecule has 1 aromatic rings. The summed E-state index contributed by atoms with van der Waals surface area (Å²) < 4.78 is 5.44. The van der Waals surface area contributed by atoms with Crippen molar-refractivity contribution in [3.8, 4) is 0 Å². The largest absolute Gasteiger partial charge is 0.479 e. The second-order valence-corrected chi connectivity index (χ2v) is 8.86. The highest BCUT2D eigenvalue weighted by atomic mass is 16.6. The first kappa shape index (κ1) is 21.1. The molecule has 2 heterocycles. The molecule has 1 N–H and O–H groups in total. The normalized spacial score (nSPS) is 20.2. The molecule has 0 spiro atoms. The second-order valence-electron chi connectivity index (χ2n) is 8.86. The minimum atomic E-state index is -1.06. The zero-order chi connectivity index (χ0) is 21.3. The molecule has 3 rings (SSSR count). The number of fused-ring (bicyclic) bond motifs is 1. The number of aliphatic carboxylic acids is 1. The van der Waals surface area contributed by atoms with E-state index in [9.17, 15) is 19.5 Å². The van der Waals surface area contributed by atoms with E-state index >= 15 is 0 Å². The number of amides is 2. The van der Waals surface area contributed by atoms with Gasteiger partial charge in [0.05, 0.1) is 0 Å². The third kappa shape index (κ3) is 4.54. The van der Waals surface area contributed by atoms with Gasteiger partial charge in [-0.25, -0.2) is 9.59 Å². The molecule has 2 aliphatic heterocycles. The van der Waals surface area contributed by atoms with Crippen LogP contribution in [0.5, 0.6) is 0 Å². The van der Waals surface area contributed by atoms with Crippen LogP contribution >= 0.6 is 0 Å². The lowest BCUT2D eigenvalue weighted by atomic mass is 9.81. The summed E-state index contributed by atoms with van der Waals surface area (Å²) >= 11 is 0. The highest BCUT2D eigenvalue weighted by Crippen LogP contribution is 2.38. The SMILES string of the molecule is CC(=O)N1CCC(c2cccc3c2CCN(C(=O)OC(C)(C)C)C3C(=O)O)CC1. The number of carbonyl (C=O) groups is 3. The molecular formula is C22H30N2O5. The van der Waals surface area contributed by atoms with E-state index in [2.05, 4.69) is 6.07 Å². The van der Waals surface area contributed by atoms with Gasteiger partial charge in [0.2, 0.25) is 5.91 Å². The Kier molecular flexibility index (Phi) is 5.87. The maximum atomic E-state index is 12.6. The number of likely N-dealkylation sites (tertiary alicyclic amines) is 1. The minimum absolute atomic E-state index is 0.0949. The van der Waals surface area contributed by atoms with E-state index in [1.54, 1.807) is 33.8 Å². The lowest BCUT2D eigenvalue weighted by molar-refractivity contribution is -0.143. The molecule has 7 nitrogen and oxygen atoms in total. The Morgan fingerprint density at radius 1 is 1.07 bits per heavy atom. The number of benzene rings is 1. The van der Waals surface area contributed by atoms with E-state index in [0.29, 0.717) is 24.4 Å². The Labute approximate surface area is 171 Å². The van der Waals surface area contributed by atoms with Gasteiger partial charge in [-0.1, -0.05) is 18.2 Å². The molecule has 1 atom stereocenters. The summed E-state index contributed by atoms with van der Waals surface area (Å²) in [5.74, 6) is -0.666. The lowest BCUT2D eigenvalue weighted by Gasteiger charge is -2.38. The molecule has 2 amide bonds. The van der Waals surface area contributed by atoms with Crippen LogP contribution in [0, 0.1) is 0 Å². The molecule has 0 radical (unpaired) electrons. The summed E-state index contributed by atoms with van der Waals surface area (Å²) in [6, 6.07) is 4.69. The zero-order valence-electron chi connectivity index (χ0n) is 17.6. The van der Waals surface area contributed by atoms with Gasteiger partial charge in [0.1, 0.15) is 5.60 Å². The maximum Gasteiger partial charge on any atom is 0.411 e. The molecule has 0 aromatic heterocycles. The van der Waals surface area contributed by atoms with Gasteiger partial charge in [0, 0.05) is 26.6 Å². The van der Waals surface area contributed by atoms with Crippen molar-refractivity contribution < 1.29 is 24.2 Å². The Hall–Kier alpha value is -2.57. The summed E-state index contributed by atoms with van der Waals surface area (Å²) in [6.07, 6.45) is 1.73. The standard InChI is InChI=1S/C22H30N2O5/c1-14(25)23-11-8-15(9-12-23)16-6-5-7-18-17(16)10-13-24(19(18)20(26)27)21(28)29-22(2,3)4/h5-7,15,19H,8-13H2,1-4H3,(H,26,27). The van der Waals surface area contributed by atoms with Crippen LogP contribution in [0.2, 0.25) is 0 Å². The van der Waals surface area contributed by atoms with Crippen molar-refractivity contribution in [2.75, 3.05) is 19.6 Å². The summed E-state index contributed by atoms with van der Waals surface area (Å²) in [5.41, 5.74) is 2.16. The van der Waals surface area contributed by atoms with Gasteiger partial charge in [-0.2, -0.15) is 0 Å². The molecule has 1 unspecified atom stereocenters. The molecule has 1 saturated heterocycles. The summed E-state index contributed by atoms with van der Waals surface area (Å²) in [7, 11) is 0. The maximum absolute atomic E-state index is 12.6. The number of hydrogen-bond acceptors (Lipinski definition) is 4. The third-order valence-corrected chi connectivity index (χ3v) is 5.70. The Morgan fingerprint density at radius 2 is 1.69 bits per heavy atom. The van der Waals surface area contributed by atoms with Crippen LogP contribution in [-0.4, -0.2) is 58.1 Å². The van der Waals surface area contributed by atoms with Gasteiger partial charge in [0.25, 0.3) is 0 Å². The van der Waals surface area contributed by atoms with Gasteiger partial charge in [-0.05, 0) is 62.6 Å². The van der Waals surface area contributed by atoms with Crippen molar-refractivity contribution in [3.05, 3.63) is 34.9 Å². The monoisotopic (exact) mass is 402 g/mol. The predicted molar refractivity (Wildman–Crippen MR) is 108 cm³/mol. The van der Waals surface area contributed by atoms with Crippen LogP contribution in [0.1, 0.15) is 69.2 Å². The average Bonchev–Trinajstić information content (AvgIpc) is 2.65. The number of rotatable bonds is 2. The van der Waals surface area contributed by atoms with E-state index in [4.69, 9.17) is 4.74 Å². The highest BCUT2D eigenvalue weighted by Gasteiger charge is 2.39. The summed E-state index contributed by atoms with van der Waals surface area (Å²) in [4.78, 5) is 39.5. The topological polar surface area (TPSA) is 87.2 Å². The number of hydrogen-bond donors (Lipinski definition) is 1. The molecule has 2 aliphatic rings. The average molecular weight is 402 g/mol. The van der Waals surface area contributed by atoms with Crippen LogP contribution in [0.25, 0.3) is 0 Å². The number of ether oxygens (including phenoxy) is 1. The minimum Gasteiger partial charge on any atom is -0.479 e. The number of nitrogens with zero attached hydrogens (tertiary/aromatic N) is 2. The Balaban J connectivity index is 1.88. The third-order valence-electron chi connectivity index (χ3n) is 5.70. The molecular weight excluding hydrogens is 372 g/mol. The first-order valence-electron chi connectivity index (χ1n) is 10.2. The second kappa shape index (κ2) is 8.05. The van der Waals surface area contributed by atoms with Crippen molar-refractivity contribution in [2.24, 2.45) is 0 Å². The van der Waals surface area contributed by atoms with Crippen molar-refractivity contribution in [3.63, 3.8) is 0 Å². The number of piperidine rings is 1. The van der Waals surface area contributed by atoms with E-state index in [1.807, 2.05) is 11.0 Å². The first-order valence-corrected chi connectivity index (χ1v) is 10.2. The van der Waals surface area contributed by atoms with Gasteiger partial charge in [0.15, 0.2) is 6.04 Å². The van der Waals surface area contributed by atoms with Crippen molar-refractivity contribution in [1.82, 2.24) is 9.80 Å². The van der Waals surface area contributed by atoms with Gasteiger partial charge < -0.3 is 14.7 Å². The van der Waals surface area contributed by atoms with E-state index in [0.717, 1.165) is 37.1 Å². The fraction of sp³-hybridized carbons (Fsp3) is 0.591. The zero-order valence-corrected chi connectivity index (χ0v) is 17.6. The first-order chi connectivity index (χ1) is 13.6. The van der Waals surface area contributed by atoms with E-state index in [1.165, 1.54) is 4.90 Å². The van der Waals surface area contributed by atoms with Crippen LogP contribution in [0.3, 0.4) is 0 Å². The molecule has 0 bridgehead atoms. The fourth-order valence-electron chi connectivity index (χ4n) is 4.37. The number of carbonyl (C=O) groups excluding carboxylic acids is 2. The van der Waals surface area contributed by atoms with E-state index < -0.39 is 23.7 Å². The Morgan fingerprint density at radius 3 is 2.24 bits per heavy atom. The molecule has 158 valence electrons. The number of carboxylic acids is 1. The quantitative estimate of drug-likeness (QED) is 0.820. The van der Waals surface area contributed by atoms with Crippen LogP contribution in [0.4, 0.5) is 4.79 Å². The summed E-state index contributed by atoms with van der Waals surface area (Å²) in [6.45, 7) is 8.64. The summed E-state index contributed by atoms with van der Waals surface area (Å²) in [5, 5.41) is 9.91. The van der Waals surface area contributed by atoms with Crippen molar-refractivity contribution in [2.45, 2.75) is 64.5 Å². The van der Waals surface area contributed by atoms with Crippen molar-refractivity contribution in [1.29, 1.82) is 0 Å². The lowest BCUT2D eigenvalue weighted by Crippen LogP contribution is -2.46. The molecule has 7 heteroatoms. The van der Waals surface area contributed by atoms with Crippen molar-refractivity contribution >= 4 is 18.0 Å². The van der Waals surface area contributed by atoms with Gasteiger partial charge in [-0.3, -0.25) is 9.69 Å². The van der Waals surface area contributed by atoms with E-state index in [-0.39, 0.29) is 5.91 Å². The molecule has 1 aromatic carbocycles. The van der Waals surface area contributed by atoms with Crippen LogP contribution in [0.15, 0.2) is 18.2 Å². The highest BCUT2D eigenvalue weighted by molar-refractivity contribution is 5.83. The fourth-order valence-corrected chi connectivity index (χ4v) is 4.37.